The summed E-state index contributed by atoms with van der Waals surface area (Å²) in [7, 11) is -2.05. The van der Waals surface area contributed by atoms with Crippen LogP contribution >= 0.6 is 22.9 Å². The van der Waals surface area contributed by atoms with E-state index >= 15 is 0 Å². The molecule has 3 heterocycles. The van der Waals surface area contributed by atoms with Crippen LogP contribution in [0.2, 0.25) is 5.02 Å². The van der Waals surface area contributed by atoms with Gasteiger partial charge in [0.15, 0.2) is 5.01 Å². The van der Waals surface area contributed by atoms with E-state index in [0.29, 0.717) is 23.4 Å². The fourth-order valence-corrected chi connectivity index (χ4v) is 7.57. The molecule has 3 N–H and O–H groups in total. The molecule has 0 radical (unpaired) electrons. The number of carboxylic acids is 1. The molecule has 0 saturated carbocycles. The molecule has 15 heteroatoms. The molecule has 0 bridgehead atoms. The lowest BCUT2D eigenvalue weighted by Gasteiger charge is -2.39. The standard InChI is InChI=1S/C25H27ClN6O6S2/c1-30-7-6-19-21(14-30)39-24(28-19)25(36)32-9-8-31(13-20(32)23(35)29-27-12-22(33)34)40(37,38)18-5-3-15-10-17(26)4-2-16(15)11-18/h2-5,10-11,20,27H,6-9,12-14H2,1H3,(H,29,35)(H,33,34). The highest BCUT2D eigenvalue weighted by atomic mass is 35.5. The van der Waals surface area contributed by atoms with Gasteiger partial charge in [-0.2, -0.15) is 4.31 Å². The number of nitrogens with zero attached hydrogens (tertiary/aromatic N) is 4. The minimum Gasteiger partial charge on any atom is -0.480 e. The lowest BCUT2D eigenvalue weighted by Crippen LogP contribution is -2.62. The van der Waals surface area contributed by atoms with E-state index < -0.39 is 40.4 Å². The molecule has 40 heavy (non-hydrogen) atoms. The molecule has 0 spiro atoms. The summed E-state index contributed by atoms with van der Waals surface area (Å²) in [5.74, 6) is -2.40. The Kier molecular flexibility index (Phi) is 8.08. The molecule has 1 aromatic heterocycles. The quantitative estimate of drug-likeness (QED) is 0.336. The topological polar surface area (TPSA) is 152 Å². The van der Waals surface area contributed by atoms with Crippen molar-refractivity contribution in [2.45, 2.75) is 23.9 Å². The lowest BCUT2D eigenvalue weighted by molar-refractivity contribution is -0.136. The van der Waals surface area contributed by atoms with Gasteiger partial charge in [-0.15, -0.1) is 11.3 Å². The summed E-state index contributed by atoms with van der Waals surface area (Å²) in [6, 6.07) is 8.59. The van der Waals surface area contributed by atoms with Gasteiger partial charge in [0, 0.05) is 49.0 Å². The number of thiazole rings is 1. The van der Waals surface area contributed by atoms with Crippen LogP contribution in [0.5, 0.6) is 0 Å². The van der Waals surface area contributed by atoms with Gasteiger partial charge in [-0.1, -0.05) is 23.7 Å². The number of carbonyl (C=O) groups excluding carboxylic acids is 2. The van der Waals surface area contributed by atoms with Crippen LogP contribution in [0.25, 0.3) is 10.8 Å². The number of halogens is 1. The van der Waals surface area contributed by atoms with Crippen LogP contribution in [-0.4, -0.2) is 96.2 Å². The fourth-order valence-electron chi connectivity index (χ4n) is 4.78. The van der Waals surface area contributed by atoms with Crippen molar-refractivity contribution in [3.8, 4) is 0 Å². The van der Waals surface area contributed by atoms with Crippen LogP contribution in [0.4, 0.5) is 0 Å². The van der Waals surface area contributed by atoms with E-state index in [-0.39, 0.29) is 29.5 Å². The highest BCUT2D eigenvalue weighted by Crippen LogP contribution is 2.29. The van der Waals surface area contributed by atoms with Crippen molar-refractivity contribution >= 4 is 61.5 Å². The predicted molar refractivity (Wildman–Crippen MR) is 148 cm³/mol. The smallest absolute Gasteiger partial charge is 0.319 e. The number of carbonyl (C=O) groups is 3. The number of fused-ring (bicyclic) bond motifs is 2. The van der Waals surface area contributed by atoms with Gasteiger partial charge in [0.2, 0.25) is 10.0 Å². The van der Waals surface area contributed by atoms with Crippen molar-refractivity contribution in [3.05, 3.63) is 57.0 Å². The van der Waals surface area contributed by atoms with Crippen molar-refractivity contribution < 1.29 is 27.9 Å². The second-order valence-corrected chi connectivity index (χ2v) is 13.1. The molecule has 2 aliphatic rings. The maximum atomic E-state index is 13.6. The number of hydrazine groups is 1. The normalized spacial score (nSPS) is 18.4. The molecular weight excluding hydrogens is 580 g/mol. The van der Waals surface area contributed by atoms with Crippen LogP contribution in [0.3, 0.4) is 0 Å². The fraction of sp³-hybridized carbons (Fsp3) is 0.360. The number of aliphatic carboxylic acids is 1. The van der Waals surface area contributed by atoms with Crippen LogP contribution in [0.15, 0.2) is 41.3 Å². The van der Waals surface area contributed by atoms with E-state index in [0.717, 1.165) is 26.8 Å². The number of amides is 2. The number of sulfonamides is 1. The zero-order valence-electron chi connectivity index (χ0n) is 21.5. The third kappa shape index (κ3) is 5.82. The number of hydrogen-bond acceptors (Lipinski definition) is 9. The van der Waals surface area contributed by atoms with Crippen LogP contribution in [-0.2, 0) is 32.6 Å². The second-order valence-electron chi connectivity index (χ2n) is 9.64. The average molecular weight is 607 g/mol. The third-order valence-electron chi connectivity index (χ3n) is 6.87. The SMILES string of the molecule is CN1CCc2nc(C(=O)N3CCN(S(=O)(=O)c4ccc5cc(Cl)ccc5c4)CC3C(=O)NNCC(=O)O)sc2C1. The number of nitrogens with one attached hydrogen (secondary N) is 2. The Morgan fingerprint density at radius 1 is 1.12 bits per heavy atom. The van der Waals surface area contributed by atoms with Crippen molar-refractivity contribution in [1.29, 1.82) is 0 Å². The Bertz CT molecular complexity index is 1600. The van der Waals surface area contributed by atoms with Crippen LogP contribution < -0.4 is 10.9 Å². The number of hydrogen-bond donors (Lipinski definition) is 3. The van der Waals surface area contributed by atoms with E-state index in [1.54, 1.807) is 30.3 Å². The summed E-state index contributed by atoms with van der Waals surface area (Å²) in [6.07, 6.45) is 0.711. The molecule has 0 aliphatic carbocycles. The first-order valence-electron chi connectivity index (χ1n) is 12.4. The summed E-state index contributed by atoms with van der Waals surface area (Å²) >= 11 is 7.32. The molecule has 2 aromatic carbocycles. The average Bonchev–Trinajstić information content (AvgIpc) is 3.35. The van der Waals surface area contributed by atoms with Gasteiger partial charge in [-0.25, -0.2) is 18.8 Å². The van der Waals surface area contributed by atoms with Gasteiger partial charge in [0.05, 0.1) is 10.6 Å². The molecule has 212 valence electrons. The van der Waals surface area contributed by atoms with E-state index in [2.05, 4.69) is 20.7 Å². The minimum atomic E-state index is -4.04. The van der Waals surface area contributed by atoms with Crippen molar-refractivity contribution in [1.82, 2.24) is 29.9 Å². The first-order chi connectivity index (χ1) is 19.0. The van der Waals surface area contributed by atoms with E-state index in [4.69, 9.17) is 16.7 Å². The largest absolute Gasteiger partial charge is 0.480 e. The Morgan fingerprint density at radius 2 is 1.88 bits per heavy atom. The Labute approximate surface area is 239 Å². The third-order valence-corrected chi connectivity index (χ3v) is 10.0. The monoisotopic (exact) mass is 606 g/mol. The molecule has 5 rings (SSSR count). The lowest BCUT2D eigenvalue weighted by atomic mass is 10.1. The summed E-state index contributed by atoms with van der Waals surface area (Å²) in [4.78, 5) is 46.6. The van der Waals surface area contributed by atoms with Crippen molar-refractivity contribution in [2.75, 3.05) is 39.8 Å². The molecule has 1 fully saturated rings. The Morgan fingerprint density at radius 3 is 2.65 bits per heavy atom. The minimum absolute atomic E-state index is 0.0348. The van der Waals surface area contributed by atoms with Crippen LogP contribution in [0.1, 0.15) is 20.4 Å². The maximum absolute atomic E-state index is 13.6. The summed E-state index contributed by atoms with van der Waals surface area (Å²) in [5.41, 5.74) is 5.45. The number of likely N-dealkylation sites (N-methyl/N-ethyl adjacent to an activating group) is 1. The van der Waals surface area contributed by atoms with E-state index in [9.17, 15) is 22.8 Å². The molecule has 1 saturated heterocycles. The highest BCUT2D eigenvalue weighted by molar-refractivity contribution is 7.89. The highest BCUT2D eigenvalue weighted by Gasteiger charge is 2.41. The Hall–Kier alpha value is -3.14. The molecule has 1 unspecified atom stereocenters. The predicted octanol–water partition coefficient (Wildman–Crippen LogP) is 1.16. The summed E-state index contributed by atoms with van der Waals surface area (Å²) in [6.45, 7) is 0.537. The number of rotatable bonds is 7. The molecular formula is C25H27ClN6O6S2. The van der Waals surface area contributed by atoms with Crippen molar-refractivity contribution in [3.63, 3.8) is 0 Å². The first kappa shape index (κ1) is 28.4. The summed E-state index contributed by atoms with van der Waals surface area (Å²) < 4.78 is 28.4. The molecule has 2 aliphatic heterocycles. The molecule has 12 nitrogen and oxygen atoms in total. The molecule has 3 aromatic rings. The van der Waals surface area contributed by atoms with E-state index in [1.807, 2.05) is 7.05 Å². The van der Waals surface area contributed by atoms with E-state index in [1.165, 1.54) is 22.3 Å². The van der Waals surface area contributed by atoms with Gasteiger partial charge in [-0.05, 0) is 42.1 Å². The van der Waals surface area contributed by atoms with Gasteiger partial charge >= 0.3 is 5.97 Å². The van der Waals surface area contributed by atoms with Crippen LogP contribution in [0, 0.1) is 0 Å². The van der Waals surface area contributed by atoms with Gasteiger partial charge < -0.3 is 14.9 Å². The molecule has 1 atom stereocenters. The Balaban J connectivity index is 1.41. The number of carboxylic acid groups (broad SMARTS) is 1. The second kappa shape index (κ2) is 11.4. The zero-order valence-corrected chi connectivity index (χ0v) is 23.9. The maximum Gasteiger partial charge on any atom is 0.319 e. The van der Waals surface area contributed by atoms with Gasteiger partial charge in [0.25, 0.3) is 11.8 Å². The number of benzene rings is 2. The van der Waals surface area contributed by atoms with Gasteiger partial charge in [-0.3, -0.25) is 19.8 Å². The molecule has 2 amide bonds. The van der Waals surface area contributed by atoms with Gasteiger partial charge in [0.1, 0.15) is 12.6 Å². The zero-order chi connectivity index (χ0) is 28.6. The van der Waals surface area contributed by atoms with Crippen molar-refractivity contribution in [2.24, 2.45) is 0 Å². The number of aromatic nitrogens is 1. The number of piperazine rings is 1. The first-order valence-corrected chi connectivity index (χ1v) is 15.1. The summed E-state index contributed by atoms with van der Waals surface area (Å²) in [5, 5.41) is 11.1.